The Bertz CT molecular complexity index is 383. The molecular formula is C13H18O3. The second-order valence-corrected chi connectivity index (χ2v) is 3.73. The summed E-state index contributed by atoms with van der Waals surface area (Å²) in [6.07, 6.45) is 0.420. The number of hydrogen-bond donors (Lipinski definition) is 0. The molecule has 0 aliphatic rings. The third kappa shape index (κ3) is 2.61. The van der Waals surface area contributed by atoms with E-state index in [1.807, 2.05) is 26.0 Å². The number of benzene rings is 1. The van der Waals surface area contributed by atoms with Crippen LogP contribution in [0.2, 0.25) is 0 Å². The molecule has 1 aromatic rings. The zero-order chi connectivity index (χ0) is 12.1. The van der Waals surface area contributed by atoms with Crippen molar-refractivity contribution >= 4 is 5.78 Å². The summed E-state index contributed by atoms with van der Waals surface area (Å²) in [5.41, 5.74) is 2.77. The van der Waals surface area contributed by atoms with Gasteiger partial charge in [0.2, 0.25) is 0 Å². The molecule has 0 spiro atoms. The fraction of sp³-hybridized carbons (Fsp3) is 0.462. The molecule has 0 amide bonds. The van der Waals surface area contributed by atoms with Crippen LogP contribution in [0.4, 0.5) is 0 Å². The predicted molar refractivity (Wildman–Crippen MR) is 63.3 cm³/mol. The summed E-state index contributed by atoms with van der Waals surface area (Å²) < 4.78 is 10.1. The van der Waals surface area contributed by atoms with E-state index in [0.717, 1.165) is 22.4 Å². The number of ether oxygens (including phenoxy) is 2. The van der Waals surface area contributed by atoms with Gasteiger partial charge in [-0.2, -0.15) is 0 Å². The molecule has 0 fully saturated rings. The molecule has 0 unspecified atom stereocenters. The van der Waals surface area contributed by atoms with E-state index in [1.165, 1.54) is 0 Å². The molecule has 88 valence electrons. The molecule has 0 bridgehead atoms. The van der Waals surface area contributed by atoms with Gasteiger partial charge in [0.1, 0.15) is 5.75 Å². The minimum atomic E-state index is 0.116. The third-order valence-electron chi connectivity index (χ3n) is 2.79. The smallest absolute Gasteiger partial charge is 0.165 e. The Hall–Kier alpha value is -1.35. The van der Waals surface area contributed by atoms with Crippen molar-refractivity contribution < 1.29 is 14.3 Å². The lowest BCUT2D eigenvalue weighted by Crippen LogP contribution is -2.06. The van der Waals surface area contributed by atoms with Gasteiger partial charge in [-0.3, -0.25) is 4.79 Å². The number of hydrogen-bond acceptors (Lipinski definition) is 3. The number of carbonyl (C=O) groups excluding carboxylic acids is 1. The largest absolute Gasteiger partial charge is 0.496 e. The van der Waals surface area contributed by atoms with E-state index in [9.17, 15) is 4.79 Å². The fourth-order valence-electron chi connectivity index (χ4n) is 1.65. The number of ketones is 1. The third-order valence-corrected chi connectivity index (χ3v) is 2.79. The molecule has 0 radical (unpaired) electrons. The van der Waals surface area contributed by atoms with Crippen LogP contribution in [0.1, 0.15) is 27.9 Å². The van der Waals surface area contributed by atoms with E-state index in [2.05, 4.69) is 0 Å². The number of rotatable bonds is 5. The summed E-state index contributed by atoms with van der Waals surface area (Å²) in [6.45, 7) is 4.36. The summed E-state index contributed by atoms with van der Waals surface area (Å²) in [7, 11) is 3.23. The van der Waals surface area contributed by atoms with Gasteiger partial charge in [-0.1, -0.05) is 0 Å². The van der Waals surface area contributed by atoms with Gasteiger partial charge < -0.3 is 9.47 Å². The molecule has 0 aliphatic carbocycles. The summed E-state index contributed by atoms with van der Waals surface area (Å²) >= 11 is 0. The number of carbonyl (C=O) groups is 1. The molecule has 0 aromatic heterocycles. The molecule has 0 atom stereocenters. The average Bonchev–Trinajstić information content (AvgIpc) is 2.29. The van der Waals surface area contributed by atoms with E-state index >= 15 is 0 Å². The van der Waals surface area contributed by atoms with Gasteiger partial charge in [0, 0.05) is 19.1 Å². The Morgan fingerprint density at radius 1 is 1.19 bits per heavy atom. The van der Waals surface area contributed by atoms with Crippen LogP contribution in [-0.4, -0.2) is 26.6 Å². The Balaban J connectivity index is 2.98. The molecule has 0 aliphatic heterocycles. The second kappa shape index (κ2) is 5.66. The Morgan fingerprint density at radius 3 is 2.44 bits per heavy atom. The predicted octanol–water partition coefficient (Wildman–Crippen LogP) is 2.53. The van der Waals surface area contributed by atoms with Crippen molar-refractivity contribution in [3.05, 3.63) is 28.8 Å². The normalized spacial score (nSPS) is 10.2. The minimum absolute atomic E-state index is 0.116. The molecular weight excluding hydrogens is 204 g/mol. The summed E-state index contributed by atoms with van der Waals surface area (Å²) in [5.74, 6) is 0.936. The monoisotopic (exact) mass is 222 g/mol. The number of methoxy groups -OCH3 is 2. The molecule has 0 N–H and O–H groups in total. The zero-order valence-electron chi connectivity index (χ0n) is 10.3. The van der Waals surface area contributed by atoms with Crippen LogP contribution in [0.3, 0.4) is 0 Å². The van der Waals surface area contributed by atoms with Crippen LogP contribution in [0.25, 0.3) is 0 Å². The van der Waals surface area contributed by atoms with Crippen LogP contribution in [0, 0.1) is 13.8 Å². The van der Waals surface area contributed by atoms with Gasteiger partial charge in [0.15, 0.2) is 5.78 Å². The van der Waals surface area contributed by atoms with Crippen molar-refractivity contribution in [1.29, 1.82) is 0 Å². The Morgan fingerprint density at radius 2 is 1.88 bits per heavy atom. The van der Waals surface area contributed by atoms with Crippen LogP contribution in [0.5, 0.6) is 5.75 Å². The molecule has 3 nitrogen and oxygen atoms in total. The fourth-order valence-corrected chi connectivity index (χ4v) is 1.65. The van der Waals surface area contributed by atoms with E-state index in [4.69, 9.17) is 9.47 Å². The van der Waals surface area contributed by atoms with E-state index in [-0.39, 0.29) is 5.78 Å². The SMILES string of the molecule is COCCC(=O)c1ccc(OC)c(C)c1C. The van der Waals surface area contributed by atoms with Gasteiger partial charge in [-0.25, -0.2) is 0 Å². The topological polar surface area (TPSA) is 35.5 Å². The highest BCUT2D eigenvalue weighted by Crippen LogP contribution is 2.24. The van der Waals surface area contributed by atoms with Crippen molar-refractivity contribution in [1.82, 2.24) is 0 Å². The van der Waals surface area contributed by atoms with Crippen LogP contribution >= 0.6 is 0 Å². The summed E-state index contributed by atoms with van der Waals surface area (Å²) in [5, 5.41) is 0. The highest BCUT2D eigenvalue weighted by molar-refractivity contribution is 5.98. The molecule has 0 heterocycles. The van der Waals surface area contributed by atoms with Gasteiger partial charge in [-0.15, -0.1) is 0 Å². The molecule has 3 heteroatoms. The first-order chi connectivity index (χ1) is 7.61. The summed E-state index contributed by atoms with van der Waals surface area (Å²) in [6, 6.07) is 3.65. The first kappa shape index (κ1) is 12.7. The molecule has 0 saturated carbocycles. The van der Waals surface area contributed by atoms with Gasteiger partial charge >= 0.3 is 0 Å². The van der Waals surface area contributed by atoms with Crippen molar-refractivity contribution in [3.63, 3.8) is 0 Å². The first-order valence-corrected chi connectivity index (χ1v) is 5.28. The zero-order valence-corrected chi connectivity index (χ0v) is 10.3. The van der Waals surface area contributed by atoms with E-state index in [1.54, 1.807) is 14.2 Å². The lowest BCUT2D eigenvalue weighted by molar-refractivity contribution is 0.0931. The van der Waals surface area contributed by atoms with Crippen molar-refractivity contribution in [3.8, 4) is 5.75 Å². The molecule has 1 aromatic carbocycles. The lowest BCUT2D eigenvalue weighted by atomic mass is 9.98. The van der Waals surface area contributed by atoms with Gasteiger partial charge in [0.05, 0.1) is 13.7 Å². The highest BCUT2D eigenvalue weighted by atomic mass is 16.5. The molecule has 16 heavy (non-hydrogen) atoms. The average molecular weight is 222 g/mol. The number of Topliss-reactive ketones (excluding diaryl/α,β-unsaturated/α-hetero) is 1. The van der Waals surface area contributed by atoms with Gasteiger partial charge in [-0.05, 0) is 37.1 Å². The summed E-state index contributed by atoms with van der Waals surface area (Å²) in [4.78, 5) is 11.9. The van der Waals surface area contributed by atoms with Crippen LogP contribution in [-0.2, 0) is 4.74 Å². The Labute approximate surface area is 96.4 Å². The van der Waals surface area contributed by atoms with Crippen LogP contribution < -0.4 is 4.74 Å². The van der Waals surface area contributed by atoms with Crippen molar-refractivity contribution in [2.45, 2.75) is 20.3 Å². The lowest BCUT2D eigenvalue weighted by Gasteiger charge is -2.11. The molecule has 0 saturated heterocycles. The maximum Gasteiger partial charge on any atom is 0.165 e. The first-order valence-electron chi connectivity index (χ1n) is 5.28. The maximum absolute atomic E-state index is 11.9. The van der Waals surface area contributed by atoms with Crippen molar-refractivity contribution in [2.75, 3.05) is 20.8 Å². The molecule has 1 rings (SSSR count). The maximum atomic E-state index is 11.9. The quantitative estimate of drug-likeness (QED) is 0.718. The minimum Gasteiger partial charge on any atom is -0.496 e. The van der Waals surface area contributed by atoms with E-state index in [0.29, 0.717) is 13.0 Å². The highest BCUT2D eigenvalue weighted by Gasteiger charge is 2.12. The van der Waals surface area contributed by atoms with Crippen molar-refractivity contribution in [2.24, 2.45) is 0 Å². The standard InChI is InChI=1S/C13H18O3/c1-9-10(2)13(16-4)6-5-11(9)12(14)7-8-15-3/h5-6H,7-8H2,1-4H3. The Kier molecular flexibility index (Phi) is 4.50. The van der Waals surface area contributed by atoms with Crippen LogP contribution in [0.15, 0.2) is 12.1 Å². The van der Waals surface area contributed by atoms with Gasteiger partial charge in [0.25, 0.3) is 0 Å². The second-order valence-electron chi connectivity index (χ2n) is 3.73. The van der Waals surface area contributed by atoms with E-state index < -0.39 is 0 Å².